The van der Waals surface area contributed by atoms with Gasteiger partial charge in [-0.15, -0.1) is 0 Å². The molecule has 0 N–H and O–H groups in total. The fraction of sp³-hybridized carbons (Fsp3) is 0.765. The molecule has 1 atom stereocenters. The lowest BCUT2D eigenvalue weighted by atomic mass is 10.1. The molecule has 1 aliphatic rings. The summed E-state index contributed by atoms with van der Waals surface area (Å²) in [5, 5.41) is 0. The van der Waals surface area contributed by atoms with Crippen LogP contribution < -0.4 is 0 Å². The predicted octanol–water partition coefficient (Wildman–Crippen LogP) is 1.83. The molecule has 0 unspecified atom stereocenters. The van der Waals surface area contributed by atoms with Crippen LogP contribution in [0.1, 0.15) is 45.5 Å². The average molecular weight is 322 g/mol. The second-order valence-corrected chi connectivity index (χ2v) is 6.40. The number of ether oxygens (including phenoxy) is 1. The molecule has 130 valence electrons. The number of piperazine rings is 1. The van der Waals surface area contributed by atoms with E-state index in [0.29, 0.717) is 13.0 Å². The molecule has 1 saturated heterocycles. The molecular formula is C17H30N4O2. The van der Waals surface area contributed by atoms with E-state index in [-0.39, 0.29) is 18.1 Å². The Labute approximate surface area is 139 Å². The number of carbonyl (C=O) groups excluding carboxylic acids is 1. The Balaban J connectivity index is 1.91. The summed E-state index contributed by atoms with van der Waals surface area (Å²) in [7, 11) is 2.01. The third kappa shape index (κ3) is 4.78. The van der Waals surface area contributed by atoms with Crippen LogP contribution in [0.2, 0.25) is 0 Å². The summed E-state index contributed by atoms with van der Waals surface area (Å²) in [6.07, 6.45) is 5.37. The minimum absolute atomic E-state index is 0.185. The van der Waals surface area contributed by atoms with Crippen molar-refractivity contribution in [2.75, 3.05) is 32.8 Å². The Morgan fingerprint density at radius 1 is 1.43 bits per heavy atom. The van der Waals surface area contributed by atoms with Crippen LogP contribution in [0.25, 0.3) is 0 Å². The Morgan fingerprint density at radius 3 is 2.83 bits per heavy atom. The van der Waals surface area contributed by atoms with Crippen LogP contribution in [0.4, 0.5) is 0 Å². The van der Waals surface area contributed by atoms with Crippen LogP contribution in [0.15, 0.2) is 12.4 Å². The number of aryl methyl sites for hydroxylation is 1. The van der Waals surface area contributed by atoms with Crippen molar-refractivity contribution in [1.29, 1.82) is 0 Å². The van der Waals surface area contributed by atoms with Gasteiger partial charge in [-0.3, -0.25) is 9.69 Å². The first kappa shape index (κ1) is 17.9. The summed E-state index contributed by atoms with van der Waals surface area (Å²) >= 11 is 0. The lowest BCUT2D eigenvalue weighted by molar-refractivity contribution is -0.134. The third-order valence-corrected chi connectivity index (χ3v) is 4.39. The molecule has 1 fully saturated rings. The lowest BCUT2D eigenvalue weighted by Crippen LogP contribution is -2.50. The molecule has 1 aliphatic heterocycles. The van der Waals surface area contributed by atoms with Crippen LogP contribution in [-0.2, 0) is 16.6 Å². The first-order valence-electron chi connectivity index (χ1n) is 8.63. The summed E-state index contributed by atoms with van der Waals surface area (Å²) in [6.45, 7) is 10.3. The van der Waals surface area contributed by atoms with Gasteiger partial charge in [-0.25, -0.2) is 4.98 Å². The second-order valence-electron chi connectivity index (χ2n) is 6.40. The maximum Gasteiger partial charge on any atom is 0.222 e. The standard InChI is InChI=1S/C17H30N4O2/c1-5-20-10-11-21(16(22)7-6-12-23-14(2)3)13-15(20)17-18-8-9-19(17)4/h8-9,14-15H,5-7,10-13H2,1-4H3/t15-/m1/s1. The third-order valence-electron chi connectivity index (χ3n) is 4.39. The lowest BCUT2D eigenvalue weighted by Gasteiger charge is -2.40. The van der Waals surface area contributed by atoms with Gasteiger partial charge < -0.3 is 14.2 Å². The van der Waals surface area contributed by atoms with Gasteiger partial charge in [0.15, 0.2) is 0 Å². The molecule has 0 bridgehead atoms. The molecule has 6 nitrogen and oxygen atoms in total. The van der Waals surface area contributed by atoms with Gasteiger partial charge in [0.05, 0.1) is 12.1 Å². The minimum Gasteiger partial charge on any atom is -0.379 e. The Kier molecular flexibility index (Phi) is 6.59. The predicted molar refractivity (Wildman–Crippen MR) is 90.1 cm³/mol. The highest BCUT2D eigenvalue weighted by Gasteiger charge is 2.31. The first-order valence-corrected chi connectivity index (χ1v) is 8.63. The fourth-order valence-electron chi connectivity index (χ4n) is 3.07. The summed E-state index contributed by atoms with van der Waals surface area (Å²) < 4.78 is 7.57. The van der Waals surface area contributed by atoms with E-state index in [0.717, 1.165) is 38.4 Å². The number of hydrogen-bond donors (Lipinski definition) is 0. The smallest absolute Gasteiger partial charge is 0.222 e. The van der Waals surface area contributed by atoms with E-state index in [4.69, 9.17) is 4.74 Å². The van der Waals surface area contributed by atoms with Crippen LogP contribution >= 0.6 is 0 Å². The molecule has 23 heavy (non-hydrogen) atoms. The molecule has 0 aliphatic carbocycles. The topological polar surface area (TPSA) is 50.6 Å². The normalized spacial score (nSPS) is 19.5. The van der Waals surface area contributed by atoms with Crippen molar-refractivity contribution in [1.82, 2.24) is 19.4 Å². The van der Waals surface area contributed by atoms with E-state index < -0.39 is 0 Å². The van der Waals surface area contributed by atoms with Crippen LogP contribution in [0.3, 0.4) is 0 Å². The van der Waals surface area contributed by atoms with Gasteiger partial charge in [0.25, 0.3) is 0 Å². The van der Waals surface area contributed by atoms with Gasteiger partial charge in [-0.05, 0) is 26.8 Å². The summed E-state index contributed by atoms with van der Waals surface area (Å²) in [5.74, 6) is 1.26. The SMILES string of the molecule is CCN1CCN(C(=O)CCCOC(C)C)C[C@@H]1c1nccn1C. The van der Waals surface area contributed by atoms with E-state index >= 15 is 0 Å². The molecule has 0 radical (unpaired) electrons. The van der Waals surface area contributed by atoms with E-state index in [9.17, 15) is 4.79 Å². The number of rotatable bonds is 7. The van der Waals surface area contributed by atoms with Crippen molar-refractivity contribution in [3.63, 3.8) is 0 Å². The maximum atomic E-state index is 12.5. The van der Waals surface area contributed by atoms with Gasteiger partial charge in [-0.2, -0.15) is 0 Å². The molecular weight excluding hydrogens is 292 g/mol. The molecule has 0 spiro atoms. The quantitative estimate of drug-likeness (QED) is 0.719. The zero-order chi connectivity index (χ0) is 16.8. The van der Waals surface area contributed by atoms with Gasteiger partial charge in [0.1, 0.15) is 5.82 Å². The highest BCUT2D eigenvalue weighted by Crippen LogP contribution is 2.24. The summed E-state index contributed by atoms with van der Waals surface area (Å²) in [5.41, 5.74) is 0. The maximum absolute atomic E-state index is 12.5. The summed E-state index contributed by atoms with van der Waals surface area (Å²) in [6, 6.07) is 0.185. The van der Waals surface area contributed by atoms with E-state index in [2.05, 4.69) is 21.4 Å². The van der Waals surface area contributed by atoms with E-state index in [1.54, 1.807) is 0 Å². The van der Waals surface area contributed by atoms with Crippen molar-refractivity contribution in [3.8, 4) is 0 Å². The van der Waals surface area contributed by atoms with Crippen molar-refractivity contribution in [2.45, 2.75) is 45.8 Å². The van der Waals surface area contributed by atoms with Crippen LogP contribution in [0.5, 0.6) is 0 Å². The van der Waals surface area contributed by atoms with Crippen molar-refractivity contribution in [3.05, 3.63) is 18.2 Å². The Hall–Kier alpha value is -1.40. The van der Waals surface area contributed by atoms with Gasteiger partial charge in [0, 0.05) is 52.1 Å². The number of aromatic nitrogens is 2. The Morgan fingerprint density at radius 2 is 2.22 bits per heavy atom. The highest BCUT2D eigenvalue weighted by molar-refractivity contribution is 5.76. The number of amides is 1. The number of nitrogens with zero attached hydrogens (tertiary/aromatic N) is 4. The molecule has 0 saturated carbocycles. The zero-order valence-corrected chi connectivity index (χ0v) is 14.9. The molecule has 0 aromatic carbocycles. The van der Waals surface area contributed by atoms with Crippen LogP contribution in [0, 0.1) is 0 Å². The number of hydrogen-bond acceptors (Lipinski definition) is 4. The van der Waals surface area contributed by atoms with Crippen molar-refractivity contribution in [2.24, 2.45) is 7.05 Å². The molecule has 2 rings (SSSR count). The molecule has 1 aromatic rings. The van der Waals surface area contributed by atoms with E-state index in [1.165, 1.54) is 0 Å². The fourth-order valence-corrected chi connectivity index (χ4v) is 3.07. The minimum atomic E-state index is 0.185. The second kappa shape index (κ2) is 8.45. The van der Waals surface area contributed by atoms with E-state index in [1.807, 2.05) is 38.2 Å². The number of carbonyl (C=O) groups is 1. The Bertz CT molecular complexity index is 501. The molecule has 6 heteroatoms. The van der Waals surface area contributed by atoms with Crippen molar-refractivity contribution >= 4 is 5.91 Å². The molecule has 1 aromatic heterocycles. The first-order chi connectivity index (χ1) is 11.0. The molecule has 1 amide bonds. The largest absolute Gasteiger partial charge is 0.379 e. The van der Waals surface area contributed by atoms with Crippen LogP contribution in [-0.4, -0.2) is 64.1 Å². The number of imidazole rings is 1. The van der Waals surface area contributed by atoms with Gasteiger partial charge in [-0.1, -0.05) is 6.92 Å². The average Bonchev–Trinajstić information content (AvgIpc) is 2.96. The van der Waals surface area contributed by atoms with Gasteiger partial charge in [0.2, 0.25) is 5.91 Å². The summed E-state index contributed by atoms with van der Waals surface area (Å²) in [4.78, 5) is 21.3. The van der Waals surface area contributed by atoms with Crippen molar-refractivity contribution < 1.29 is 9.53 Å². The van der Waals surface area contributed by atoms with Gasteiger partial charge >= 0.3 is 0 Å². The highest BCUT2D eigenvalue weighted by atomic mass is 16.5. The number of likely N-dealkylation sites (N-methyl/N-ethyl adjacent to an activating group) is 1. The zero-order valence-electron chi connectivity index (χ0n) is 14.9. The molecule has 2 heterocycles. The monoisotopic (exact) mass is 322 g/mol.